The molecule has 2 N–H and O–H groups in total. The largest absolute Gasteiger partial charge is 0.339 e. The second-order valence-electron chi connectivity index (χ2n) is 5.09. The number of amides is 1. The molecule has 7 heteroatoms. The molecule has 0 aliphatic carbocycles. The first-order valence-electron chi connectivity index (χ1n) is 7.27. The van der Waals surface area contributed by atoms with Crippen LogP contribution in [0.3, 0.4) is 0 Å². The van der Waals surface area contributed by atoms with Gasteiger partial charge in [0.25, 0.3) is 5.91 Å². The van der Waals surface area contributed by atoms with Gasteiger partial charge in [0.05, 0.1) is 38.2 Å². The molecule has 0 aliphatic rings. The normalized spacial score (nSPS) is 10.4. The van der Waals surface area contributed by atoms with E-state index in [1.807, 2.05) is 0 Å². The molecule has 25 heavy (non-hydrogen) atoms. The number of pyridine rings is 1. The van der Waals surface area contributed by atoms with Gasteiger partial charge in [0, 0.05) is 0 Å². The van der Waals surface area contributed by atoms with Gasteiger partial charge in [-0.2, -0.15) is 0 Å². The van der Waals surface area contributed by atoms with Crippen molar-refractivity contribution in [1.82, 2.24) is 4.98 Å². The van der Waals surface area contributed by atoms with Gasteiger partial charge in [-0.1, -0.05) is 53.0 Å². The predicted molar refractivity (Wildman–Crippen MR) is 103 cm³/mol. The molecule has 4 nitrogen and oxygen atoms in total. The minimum atomic E-state index is -0.300. The van der Waals surface area contributed by atoms with Crippen molar-refractivity contribution in [2.24, 2.45) is 0 Å². The topological polar surface area (TPSA) is 54.0 Å². The highest BCUT2D eigenvalue weighted by atomic mass is 35.5. The third-order valence-electron chi connectivity index (χ3n) is 3.35. The van der Waals surface area contributed by atoms with E-state index in [1.54, 1.807) is 54.6 Å². The summed E-state index contributed by atoms with van der Waals surface area (Å²) in [4.78, 5) is 16.5. The maximum Gasteiger partial charge on any atom is 0.257 e. The monoisotopic (exact) mass is 391 g/mol. The molecule has 0 saturated carbocycles. The molecule has 0 aliphatic heterocycles. The second-order valence-corrected chi connectivity index (χ2v) is 6.28. The maximum atomic E-state index is 12.2. The maximum absolute atomic E-state index is 12.2. The van der Waals surface area contributed by atoms with Crippen LogP contribution in [0.2, 0.25) is 15.1 Å². The van der Waals surface area contributed by atoms with Crippen LogP contribution in [0.25, 0.3) is 0 Å². The van der Waals surface area contributed by atoms with Gasteiger partial charge >= 0.3 is 0 Å². The van der Waals surface area contributed by atoms with E-state index in [2.05, 4.69) is 15.6 Å². The minimum absolute atomic E-state index is 0.300. The Morgan fingerprint density at radius 3 is 2.36 bits per heavy atom. The minimum Gasteiger partial charge on any atom is -0.339 e. The molecule has 2 aromatic carbocycles. The Morgan fingerprint density at radius 2 is 1.64 bits per heavy atom. The van der Waals surface area contributed by atoms with Crippen LogP contribution in [0.1, 0.15) is 10.4 Å². The van der Waals surface area contributed by atoms with E-state index in [0.29, 0.717) is 37.8 Å². The summed E-state index contributed by atoms with van der Waals surface area (Å²) in [6, 6.07) is 15.6. The highest BCUT2D eigenvalue weighted by Crippen LogP contribution is 2.31. The Labute approximate surface area is 159 Å². The van der Waals surface area contributed by atoms with Gasteiger partial charge in [0.2, 0.25) is 0 Å². The van der Waals surface area contributed by atoms with Crippen LogP contribution in [0.4, 0.5) is 17.2 Å². The number of benzene rings is 2. The van der Waals surface area contributed by atoms with Crippen molar-refractivity contribution in [1.29, 1.82) is 0 Å². The molecule has 0 spiro atoms. The average molecular weight is 393 g/mol. The van der Waals surface area contributed by atoms with Crippen molar-refractivity contribution in [3.63, 3.8) is 0 Å². The summed E-state index contributed by atoms with van der Waals surface area (Å²) in [6.45, 7) is 0. The van der Waals surface area contributed by atoms with Gasteiger partial charge in [-0.3, -0.25) is 4.79 Å². The second kappa shape index (κ2) is 7.74. The fourth-order valence-electron chi connectivity index (χ4n) is 2.12. The number of halogens is 3. The zero-order valence-corrected chi connectivity index (χ0v) is 15.0. The number of rotatable bonds is 4. The highest BCUT2D eigenvalue weighted by Gasteiger charge is 2.10. The van der Waals surface area contributed by atoms with Crippen molar-refractivity contribution in [3.05, 3.63) is 81.4 Å². The zero-order valence-electron chi connectivity index (χ0n) is 12.8. The molecule has 3 aromatic rings. The van der Waals surface area contributed by atoms with Crippen molar-refractivity contribution in [2.75, 3.05) is 10.6 Å². The summed E-state index contributed by atoms with van der Waals surface area (Å²) >= 11 is 18.1. The molecule has 1 heterocycles. The lowest BCUT2D eigenvalue weighted by molar-refractivity contribution is 0.102. The lowest BCUT2D eigenvalue weighted by atomic mass is 10.2. The van der Waals surface area contributed by atoms with Crippen LogP contribution >= 0.6 is 34.8 Å². The van der Waals surface area contributed by atoms with Crippen molar-refractivity contribution < 1.29 is 4.79 Å². The summed E-state index contributed by atoms with van der Waals surface area (Å²) in [5.41, 5.74) is 1.60. The Hall–Kier alpha value is -2.27. The van der Waals surface area contributed by atoms with Gasteiger partial charge in [-0.05, 0) is 36.4 Å². The number of hydrogen-bond acceptors (Lipinski definition) is 3. The molecule has 3 rings (SSSR count). The highest BCUT2D eigenvalue weighted by molar-refractivity contribution is 6.43. The molecule has 1 aromatic heterocycles. The van der Waals surface area contributed by atoms with Crippen LogP contribution in [-0.4, -0.2) is 10.9 Å². The molecular weight excluding hydrogens is 381 g/mol. The first kappa shape index (κ1) is 17.5. The van der Waals surface area contributed by atoms with Crippen molar-refractivity contribution in [3.8, 4) is 0 Å². The number of carbonyl (C=O) groups excluding carboxylic acids is 1. The third kappa shape index (κ3) is 4.23. The Morgan fingerprint density at radius 1 is 0.880 bits per heavy atom. The summed E-state index contributed by atoms with van der Waals surface area (Å²) in [5.74, 6) is 0.269. The van der Waals surface area contributed by atoms with E-state index >= 15 is 0 Å². The summed E-state index contributed by atoms with van der Waals surface area (Å²) in [5, 5.41) is 7.09. The first-order chi connectivity index (χ1) is 12.0. The number of carbonyl (C=O) groups is 1. The molecule has 0 atom stereocenters. The fourth-order valence-corrected chi connectivity index (χ4v) is 2.69. The van der Waals surface area contributed by atoms with Crippen molar-refractivity contribution in [2.45, 2.75) is 0 Å². The molecule has 0 fully saturated rings. The molecule has 126 valence electrons. The van der Waals surface area contributed by atoms with E-state index in [1.165, 1.54) is 6.20 Å². The van der Waals surface area contributed by atoms with Gasteiger partial charge in [-0.15, -0.1) is 0 Å². The summed E-state index contributed by atoms with van der Waals surface area (Å²) < 4.78 is 0. The molecular formula is C18H12Cl3N3O. The first-order valence-corrected chi connectivity index (χ1v) is 8.41. The van der Waals surface area contributed by atoms with E-state index in [0.717, 1.165) is 0 Å². The smallest absolute Gasteiger partial charge is 0.257 e. The van der Waals surface area contributed by atoms with Gasteiger partial charge in [0.1, 0.15) is 5.82 Å². The summed E-state index contributed by atoms with van der Waals surface area (Å²) in [7, 11) is 0. The van der Waals surface area contributed by atoms with E-state index in [9.17, 15) is 4.79 Å². The van der Waals surface area contributed by atoms with Gasteiger partial charge in [-0.25, -0.2) is 4.98 Å². The standard InChI is InChI=1S/C18H12Cl3N3O/c19-13-5-2-1-4-12(13)18(25)23-11-8-9-16(22-10-11)24-15-7-3-6-14(20)17(15)21/h1-10H,(H,22,24)(H,23,25). The SMILES string of the molecule is O=C(Nc1ccc(Nc2cccc(Cl)c2Cl)nc1)c1ccccc1Cl. The quantitative estimate of drug-likeness (QED) is 0.569. The Kier molecular flexibility index (Phi) is 5.43. The van der Waals surface area contributed by atoms with Gasteiger partial charge < -0.3 is 10.6 Å². The van der Waals surface area contributed by atoms with Crippen molar-refractivity contribution >= 4 is 57.9 Å². The number of hydrogen-bond donors (Lipinski definition) is 2. The molecule has 1 amide bonds. The van der Waals surface area contributed by atoms with E-state index < -0.39 is 0 Å². The van der Waals surface area contributed by atoms with Crippen LogP contribution in [-0.2, 0) is 0 Å². The Bertz CT molecular complexity index is 914. The fraction of sp³-hybridized carbons (Fsp3) is 0. The van der Waals surface area contributed by atoms with E-state index in [-0.39, 0.29) is 5.91 Å². The lowest BCUT2D eigenvalue weighted by Gasteiger charge is -2.10. The average Bonchev–Trinajstić information content (AvgIpc) is 2.61. The molecule has 0 bridgehead atoms. The summed E-state index contributed by atoms with van der Waals surface area (Å²) in [6.07, 6.45) is 1.54. The molecule has 0 radical (unpaired) electrons. The van der Waals surface area contributed by atoms with Gasteiger partial charge in [0.15, 0.2) is 0 Å². The number of nitrogens with zero attached hydrogens (tertiary/aromatic N) is 1. The van der Waals surface area contributed by atoms with Crippen LogP contribution < -0.4 is 10.6 Å². The molecule has 0 unspecified atom stereocenters. The van der Waals surface area contributed by atoms with Crippen LogP contribution in [0, 0.1) is 0 Å². The predicted octanol–water partition coefficient (Wildman–Crippen LogP) is 6.04. The molecule has 0 saturated heterocycles. The Balaban J connectivity index is 1.71. The number of nitrogens with one attached hydrogen (secondary N) is 2. The van der Waals surface area contributed by atoms with E-state index in [4.69, 9.17) is 34.8 Å². The zero-order chi connectivity index (χ0) is 17.8. The number of aromatic nitrogens is 1. The number of anilines is 3. The lowest BCUT2D eigenvalue weighted by Crippen LogP contribution is -2.12. The third-order valence-corrected chi connectivity index (χ3v) is 4.50. The van der Waals surface area contributed by atoms with Crippen LogP contribution in [0.5, 0.6) is 0 Å². The van der Waals surface area contributed by atoms with Crippen LogP contribution in [0.15, 0.2) is 60.8 Å².